The van der Waals surface area contributed by atoms with Crippen LogP contribution in [0.4, 0.5) is 5.82 Å². The molecule has 1 aromatic heterocycles. The number of hydrogen-bond acceptors (Lipinski definition) is 6. The van der Waals surface area contributed by atoms with Gasteiger partial charge in [0.25, 0.3) is 0 Å². The highest BCUT2D eigenvalue weighted by molar-refractivity contribution is 6.73. The first kappa shape index (κ1) is 28.4. The highest BCUT2D eigenvalue weighted by atomic mass is 28.4. The lowest BCUT2D eigenvalue weighted by Crippen LogP contribution is -2.43. The van der Waals surface area contributed by atoms with Crippen molar-refractivity contribution in [2.45, 2.75) is 108 Å². The highest BCUT2D eigenvalue weighted by Crippen LogP contribution is 2.50. The van der Waals surface area contributed by atoms with Crippen molar-refractivity contribution < 1.29 is 23.7 Å². The van der Waals surface area contributed by atoms with E-state index in [1.807, 2.05) is 30.7 Å². The number of ether oxygens (including phenoxy) is 3. The zero-order valence-corrected chi connectivity index (χ0v) is 24.9. The number of aliphatic hydroxyl groups excluding tert-OH is 1. The number of aryl methyl sites for hydroxylation is 2. The van der Waals surface area contributed by atoms with Crippen LogP contribution < -0.4 is 0 Å². The lowest BCUT2D eigenvalue weighted by Gasteiger charge is -2.38. The van der Waals surface area contributed by atoms with E-state index in [-0.39, 0.29) is 31.0 Å². The van der Waals surface area contributed by atoms with Gasteiger partial charge >= 0.3 is 0 Å². The Labute approximate surface area is 233 Å². The molecule has 1 aliphatic carbocycles. The summed E-state index contributed by atoms with van der Waals surface area (Å²) < 4.78 is 29.2. The summed E-state index contributed by atoms with van der Waals surface area (Å²) in [4.78, 5) is 8.36. The summed E-state index contributed by atoms with van der Waals surface area (Å²) in [6.07, 6.45) is 4.29. The van der Waals surface area contributed by atoms with Gasteiger partial charge in [-0.15, -0.1) is 0 Å². The van der Waals surface area contributed by atoms with Crippen LogP contribution in [-0.4, -0.2) is 61.8 Å². The molecule has 3 heterocycles. The first-order valence-electron chi connectivity index (χ1n) is 14.4. The standard InChI is InChI=1S/C30H43N3O5Si/c1-7-39(8-2,9-3)38-24(23-13-11-20-10-12-22(20)18-23)25-26-27(37-30(4,5)36-26)29(35-25)33-16-14-21(15-17-34)28(33)32-19-31-6/h11,13-14,16,18-19,24-27,29,34H,6-10,12,15,17H2,1-5H3/b32-19-/t24-,25-,26-,27-,29-/m1/s1. The summed E-state index contributed by atoms with van der Waals surface area (Å²) in [7, 11) is -2.01. The summed E-state index contributed by atoms with van der Waals surface area (Å²) in [5.74, 6) is -0.0881. The molecule has 39 heavy (non-hydrogen) atoms. The van der Waals surface area contributed by atoms with E-state index < -0.39 is 20.3 Å². The third-order valence-electron chi connectivity index (χ3n) is 8.78. The molecule has 0 amide bonds. The molecule has 2 saturated heterocycles. The summed E-state index contributed by atoms with van der Waals surface area (Å²) in [5, 5.41) is 9.64. The molecule has 2 aromatic rings. The molecule has 5 atom stereocenters. The van der Waals surface area contributed by atoms with Gasteiger partial charge < -0.3 is 28.3 Å². The SMILES string of the molecule is C=N/C=N\c1c(CCO)ccn1[C@@H]1O[C@H]([C@H](O[Si](CC)(CC)CC)c2ccc3c(c2)CC3)[C@H]2OC(C)(C)O[C@H]21. The first-order valence-corrected chi connectivity index (χ1v) is 16.9. The quantitative estimate of drug-likeness (QED) is 0.208. The van der Waals surface area contributed by atoms with Gasteiger partial charge in [0, 0.05) is 12.8 Å². The maximum absolute atomic E-state index is 9.64. The third kappa shape index (κ3) is 5.32. The Kier molecular flexibility index (Phi) is 8.29. The van der Waals surface area contributed by atoms with Crippen molar-refractivity contribution in [1.29, 1.82) is 0 Å². The van der Waals surface area contributed by atoms with Crippen molar-refractivity contribution in [3.63, 3.8) is 0 Å². The molecule has 2 aliphatic heterocycles. The van der Waals surface area contributed by atoms with Crippen molar-refractivity contribution in [3.8, 4) is 0 Å². The van der Waals surface area contributed by atoms with Crippen LogP contribution in [0.2, 0.25) is 18.1 Å². The van der Waals surface area contributed by atoms with Gasteiger partial charge in [0.05, 0.1) is 6.10 Å². The van der Waals surface area contributed by atoms with Crippen LogP contribution in [0.3, 0.4) is 0 Å². The number of aliphatic imine (C=N–C) groups is 2. The van der Waals surface area contributed by atoms with Crippen LogP contribution >= 0.6 is 0 Å². The summed E-state index contributed by atoms with van der Waals surface area (Å²) in [6.45, 7) is 14.2. The zero-order chi connectivity index (χ0) is 27.8. The van der Waals surface area contributed by atoms with Crippen LogP contribution in [0.5, 0.6) is 0 Å². The number of nitrogens with zero attached hydrogens (tertiary/aromatic N) is 3. The minimum Gasteiger partial charge on any atom is -0.407 e. The topological polar surface area (TPSA) is 86.8 Å². The van der Waals surface area contributed by atoms with Crippen LogP contribution in [0.15, 0.2) is 40.4 Å². The van der Waals surface area contributed by atoms with Gasteiger partial charge in [0.15, 0.2) is 20.3 Å². The predicted molar refractivity (Wildman–Crippen MR) is 156 cm³/mol. The molecule has 0 unspecified atom stereocenters. The molecule has 0 saturated carbocycles. The van der Waals surface area contributed by atoms with Gasteiger partial charge in [-0.2, -0.15) is 0 Å². The molecule has 8 nitrogen and oxygen atoms in total. The second-order valence-corrected chi connectivity index (χ2v) is 16.1. The van der Waals surface area contributed by atoms with E-state index in [1.54, 1.807) is 0 Å². The summed E-state index contributed by atoms with van der Waals surface area (Å²) >= 11 is 0. The second-order valence-electron chi connectivity index (χ2n) is 11.3. The van der Waals surface area contributed by atoms with Crippen LogP contribution in [0.25, 0.3) is 0 Å². The van der Waals surface area contributed by atoms with E-state index in [0.29, 0.717) is 12.2 Å². The molecule has 9 heteroatoms. The molecule has 1 N–H and O–H groups in total. The van der Waals surface area contributed by atoms with Gasteiger partial charge in [0.2, 0.25) is 0 Å². The molecule has 0 radical (unpaired) electrons. The molecular weight excluding hydrogens is 510 g/mol. The first-order chi connectivity index (χ1) is 18.8. The average Bonchev–Trinajstić information content (AvgIpc) is 3.55. The fourth-order valence-electron chi connectivity index (χ4n) is 6.31. The maximum atomic E-state index is 9.64. The second kappa shape index (κ2) is 11.4. The maximum Gasteiger partial charge on any atom is 0.193 e. The van der Waals surface area contributed by atoms with Crippen LogP contribution in [0.1, 0.15) is 69.2 Å². The Bertz CT molecular complexity index is 1200. The molecule has 0 spiro atoms. The Hall–Kier alpha value is -2.14. The fraction of sp³-hybridized carbons (Fsp3) is 0.600. The average molecular weight is 554 g/mol. The van der Waals surface area contributed by atoms with E-state index >= 15 is 0 Å². The number of aromatic nitrogens is 1. The molecular formula is C30H43N3O5Si. The monoisotopic (exact) mass is 553 g/mol. The number of aliphatic hydroxyl groups is 1. The van der Waals surface area contributed by atoms with Crippen LogP contribution in [0, 0.1) is 0 Å². The number of fused-ring (bicyclic) bond motifs is 2. The number of hydrogen-bond donors (Lipinski definition) is 1. The minimum absolute atomic E-state index is 0.0207. The van der Waals surface area contributed by atoms with Gasteiger partial charge in [-0.1, -0.05) is 39.0 Å². The Balaban J connectivity index is 1.57. The molecule has 1 aromatic carbocycles. The highest BCUT2D eigenvalue weighted by Gasteiger charge is 2.59. The normalized spacial score (nSPS) is 26.4. The van der Waals surface area contributed by atoms with Gasteiger partial charge in [-0.05, 0) is 86.3 Å². The Morgan fingerprint density at radius 1 is 1.13 bits per heavy atom. The summed E-state index contributed by atoms with van der Waals surface area (Å²) in [6, 6.07) is 11.9. The van der Waals surface area contributed by atoms with E-state index in [2.05, 4.69) is 55.7 Å². The van der Waals surface area contributed by atoms with Gasteiger partial charge in [-0.25, -0.2) is 4.99 Å². The Morgan fingerprint density at radius 2 is 1.85 bits per heavy atom. The van der Waals surface area contributed by atoms with Gasteiger partial charge in [-0.3, -0.25) is 4.99 Å². The smallest absolute Gasteiger partial charge is 0.193 e. The van der Waals surface area contributed by atoms with E-state index in [4.69, 9.17) is 18.6 Å². The number of rotatable bonds is 12. The minimum atomic E-state index is -2.01. The third-order valence-corrected chi connectivity index (χ3v) is 13.4. The molecule has 2 fully saturated rings. The van der Waals surface area contributed by atoms with Crippen LogP contribution in [-0.2, 0) is 37.9 Å². The molecule has 3 aliphatic rings. The fourth-order valence-corrected chi connectivity index (χ4v) is 9.12. The largest absolute Gasteiger partial charge is 0.407 e. The molecule has 0 bridgehead atoms. The van der Waals surface area contributed by atoms with E-state index in [0.717, 1.165) is 42.1 Å². The van der Waals surface area contributed by atoms with Gasteiger partial charge in [0.1, 0.15) is 30.5 Å². The predicted octanol–water partition coefficient (Wildman–Crippen LogP) is 5.66. The lowest BCUT2D eigenvalue weighted by molar-refractivity contribution is -0.206. The van der Waals surface area contributed by atoms with Crippen molar-refractivity contribution in [1.82, 2.24) is 4.57 Å². The van der Waals surface area contributed by atoms with Crippen molar-refractivity contribution >= 4 is 27.2 Å². The zero-order valence-electron chi connectivity index (χ0n) is 23.9. The van der Waals surface area contributed by atoms with Crippen molar-refractivity contribution in [2.75, 3.05) is 6.61 Å². The molecule has 5 rings (SSSR count). The van der Waals surface area contributed by atoms with Crippen molar-refractivity contribution in [3.05, 3.63) is 52.7 Å². The lowest BCUT2D eigenvalue weighted by atomic mass is 9.85. The Morgan fingerprint density at radius 3 is 2.46 bits per heavy atom. The van der Waals surface area contributed by atoms with Crippen molar-refractivity contribution in [2.24, 2.45) is 9.98 Å². The number of benzene rings is 1. The van der Waals surface area contributed by atoms with E-state index in [9.17, 15) is 5.11 Å². The molecule has 212 valence electrons. The summed E-state index contributed by atoms with van der Waals surface area (Å²) in [5.41, 5.74) is 4.89. The van der Waals surface area contributed by atoms with E-state index in [1.165, 1.54) is 17.5 Å².